The van der Waals surface area contributed by atoms with E-state index in [2.05, 4.69) is 19.6 Å². The highest BCUT2D eigenvalue weighted by Gasteiger charge is 2.22. The van der Waals surface area contributed by atoms with Crippen molar-refractivity contribution in [3.63, 3.8) is 0 Å². The number of likely N-dealkylation sites (tertiary alicyclic amines) is 1. The van der Waals surface area contributed by atoms with Crippen LogP contribution in [0.2, 0.25) is 0 Å². The number of carbonyl (C=O) groups excluding carboxylic acids is 1. The molecule has 1 aliphatic heterocycles. The monoisotopic (exact) mass is 281 g/mol. The molecule has 2 nitrogen and oxygen atoms in total. The average Bonchev–Trinajstić information content (AvgIpc) is 2.66. The second-order valence-corrected chi connectivity index (χ2v) is 5.68. The molecule has 1 saturated heterocycles. The number of rotatable bonds is 2. The second kappa shape index (κ2) is 6.42. The van der Waals surface area contributed by atoms with Gasteiger partial charge in [-0.2, -0.15) is 0 Å². The largest absolute Gasteiger partial charge is 0.339 e. The highest BCUT2D eigenvalue weighted by atomic mass is 32.1. The minimum Gasteiger partial charge on any atom is -0.339 e. The lowest BCUT2D eigenvalue weighted by atomic mass is 9.98. The van der Waals surface area contributed by atoms with Crippen LogP contribution in [0.5, 0.6) is 0 Å². The van der Waals surface area contributed by atoms with Crippen molar-refractivity contribution in [3.05, 3.63) is 29.6 Å². The second-order valence-electron chi connectivity index (χ2n) is 5.16. The average molecular weight is 281 g/mol. The molecule has 0 saturated carbocycles. The summed E-state index contributed by atoms with van der Waals surface area (Å²) in [5.41, 5.74) is 0.141. The Morgan fingerprint density at radius 2 is 2.21 bits per heavy atom. The molecular formula is C15H20FNOS. The van der Waals surface area contributed by atoms with Crippen LogP contribution in [0, 0.1) is 11.7 Å². The Morgan fingerprint density at radius 3 is 2.95 bits per heavy atom. The van der Waals surface area contributed by atoms with Crippen molar-refractivity contribution >= 4 is 18.5 Å². The molecule has 1 heterocycles. The molecule has 0 aliphatic carbocycles. The molecule has 1 amide bonds. The van der Waals surface area contributed by atoms with Gasteiger partial charge >= 0.3 is 0 Å². The number of benzene rings is 1. The molecule has 1 aromatic carbocycles. The van der Waals surface area contributed by atoms with E-state index in [1.807, 2.05) is 0 Å². The van der Waals surface area contributed by atoms with Crippen LogP contribution in [-0.4, -0.2) is 23.9 Å². The van der Waals surface area contributed by atoms with Crippen molar-refractivity contribution in [2.45, 2.75) is 37.5 Å². The Morgan fingerprint density at radius 1 is 1.42 bits per heavy atom. The van der Waals surface area contributed by atoms with Crippen LogP contribution >= 0.6 is 12.6 Å². The molecule has 1 aliphatic rings. The highest BCUT2D eigenvalue weighted by molar-refractivity contribution is 7.80. The van der Waals surface area contributed by atoms with Crippen molar-refractivity contribution in [1.29, 1.82) is 0 Å². The lowest BCUT2D eigenvalue weighted by molar-refractivity contribution is 0.0755. The maximum absolute atomic E-state index is 13.7. The quantitative estimate of drug-likeness (QED) is 0.818. The van der Waals surface area contributed by atoms with Gasteiger partial charge in [0.25, 0.3) is 5.91 Å². The van der Waals surface area contributed by atoms with E-state index in [-0.39, 0.29) is 11.5 Å². The summed E-state index contributed by atoms with van der Waals surface area (Å²) in [6.45, 7) is 3.64. The van der Waals surface area contributed by atoms with E-state index in [0.717, 1.165) is 38.8 Å². The van der Waals surface area contributed by atoms with Crippen LogP contribution in [0.3, 0.4) is 0 Å². The first kappa shape index (κ1) is 14.4. The van der Waals surface area contributed by atoms with Gasteiger partial charge in [0.2, 0.25) is 0 Å². The molecule has 1 fully saturated rings. The van der Waals surface area contributed by atoms with Crippen molar-refractivity contribution in [2.24, 2.45) is 5.92 Å². The molecule has 1 aromatic rings. The number of nitrogens with zero attached hydrogens (tertiary/aromatic N) is 1. The maximum atomic E-state index is 13.7. The zero-order valence-electron chi connectivity index (χ0n) is 11.2. The number of thiol groups is 1. The lowest BCUT2D eigenvalue weighted by Gasteiger charge is -2.21. The Labute approximate surface area is 119 Å². The summed E-state index contributed by atoms with van der Waals surface area (Å²) in [5.74, 6) is 0.0306. The number of halogens is 1. The van der Waals surface area contributed by atoms with Gasteiger partial charge in [-0.25, -0.2) is 4.39 Å². The van der Waals surface area contributed by atoms with E-state index in [0.29, 0.717) is 10.8 Å². The van der Waals surface area contributed by atoms with Crippen LogP contribution in [0.25, 0.3) is 0 Å². The summed E-state index contributed by atoms with van der Waals surface area (Å²) in [4.78, 5) is 14.8. The van der Waals surface area contributed by atoms with Crippen LogP contribution in [-0.2, 0) is 0 Å². The van der Waals surface area contributed by atoms with Crippen LogP contribution in [0.4, 0.5) is 4.39 Å². The summed E-state index contributed by atoms with van der Waals surface area (Å²) in [5, 5.41) is 0. The fourth-order valence-corrected chi connectivity index (χ4v) is 2.83. The van der Waals surface area contributed by atoms with Crippen LogP contribution in [0.15, 0.2) is 23.1 Å². The van der Waals surface area contributed by atoms with Gasteiger partial charge in [-0.1, -0.05) is 13.3 Å². The van der Waals surface area contributed by atoms with Gasteiger partial charge in [0, 0.05) is 18.0 Å². The van der Waals surface area contributed by atoms with E-state index in [1.54, 1.807) is 11.0 Å². The van der Waals surface area contributed by atoms with Gasteiger partial charge in [0.15, 0.2) is 0 Å². The summed E-state index contributed by atoms with van der Waals surface area (Å²) in [6, 6.07) is 4.38. The fraction of sp³-hybridized carbons (Fsp3) is 0.533. The van der Waals surface area contributed by atoms with E-state index in [4.69, 9.17) is 0 Å². The van der Waals surface area contributed by atoms with E-state index < -0.39 is 5.82 Å². The van der Waals surface area contributed by atoms with Crippen molar-refractivity contribution in [3.8, 4) is 0 Å². The third-order valence-electron chi connectivity index (χ3n) is 3.89. The molecule has 1 atom stereocenters. The molecule has 0 aromatic heterocycles. The lowest BCUT2D eigenvalue weighted by Crippen LogP contribution is -2.32. The minimum atomic E-state index is -0.459. The molecule has 0 bridgehead atoms. The van der Waals surface area contributed by atoms with Gasteiger partial charge in [-0.3, -0.25) is 4.79 Å². The summed E-state index contributed by atoms with van der Waals surface area (Å²) >= 11 is 4.17. The molecule has 0 radical (unpaired) electrons. The molecule has 104 valence electrons. The fourth-order valence-electron chi connectivity index (χ4n) is 2.62. The van der Waals surface area contributed by atoms with Crippen LogP contribution in [0.1, 0.15) is 43.0 Å². The first-order valence-electron chi connectivity index (χ1n) is 6.89. The minimum absolute atomic E-state index is 0.141. The van der Waals surface area contributed by atoms with Gasteiger partial charge in [-0.15, -0.1) is 12.6 Å². The molecule has 1 unspecified atom stereocenters. The maximum Gasteiger partial charge on any atom is 0.256 e. The van der Waals surface area contributed by atoms with Gasteiger partial charge in [0.05, 0.1) is 5.56 Å². The van der Waals surface area contributed by atoms with E-state index in [1.165, 1.54) is 12.1 Å². The highest BCUT2D eigenvalue weighted by Crippen LogP contribution is 2.22. The molecule has 2 rings (SSSR count). The number of hydrogen-bond acceptors (Lipinski definition) is 2. The molecule has 0 N–H and O–H groups in total. The van der Waals surface area contributed by atoms with Crippen molar-refractivity contribution in [1.82, 2.24) is 4.90 Å². The van der Waals surface area contributed by atoms with E-state index >= 15 is 0 Å². The number of carbonyl (C=O) groups is 1. The Bertz CT molecular complexity index is 463. The number of amides is 1. The van der Waals surface area contributed by atoms with E-state index in [9.17, 15) is 9.18 Å². The van der Waals surface area contributed by atoms with Crippen molar-refractivity contribution < 1.29 is 9.18 Å². The third kappa shape index (κ3) is 3.50. The Kier molecular flexibility index (Phi) is 4.86. The standard InChI is InChI=1S/C15H20FNOS/c1-2-11-4-3-8-17(9-7-11)15(18)13-10-12(19)5-6-14(13)16/h5-6,10-11,19H,2-4,7-9H2,1H3. The van der Waals surface area contributed by atoms with Gasteiger partial charge in [0.1, 0.15) is 5.82 Å². The van der Waals surface area contributed by atoms with Gasteiger partial charge < -0.3 is 4.90 Å². The molecule has 0 spiro atoms. The molecular weight excluding hydrogens is 261 g/mol. The topological polar surface area (TPSA) is 20.3 Å². The zero-order chi connectivity index (χ0) is 13.8. The van der Waals surface area contributed by atoms with Crippen molar-refractivity contribution in [2.75, 3.05) is 13.1 Å². The third-order valence-corrected chi connectivity index (χ3v) is 4.17. The number of hydrogen-bond donors (Lipinski definition) is 1. The SMILES string of the molecule is CCC1CCCN(C(=O)c2cc(S)ccc2F)CC1. The summed E-state index contributed by atoms with van der Waals surface area (Å²) < 4.78 is 13.7. The van der Waals surface area contributed by atoms with Crippen LogP contribution < -0.4 is 0 Å². The summed E-state index contributed by atoms with van der Waals surface area (Å²) in [7, 11) is 0. The summed E-state index contributed by atoms with van der Waals surface area (Å²) in [6.07, 6.45) is 4.34. The first-order valence-corrected chi connectivity index (χ1v) is 7.34. The normalized spacial score (nSPS) is 20.2. The predicted molar refractivity (Wildman–Crippen MR) is 77.2 cm³/mol. The Hall–Kier alpha value is -1.03. The smallest absolute Gasteiger partial charge is 0.256 e. The molecule has 19 heavy (non-hydrogen) atoms. The Balaban J connectivity index is 2.13. The molecule has 4 heteroatoms. The zero-order valence-corrected chi connectivity index (χ0v) is 12.1. The van der Waals surface area contributed by atoms with Gasteiger partial charge in [-0.05, 0) is 43.4 Å². The first-order chi connectivity index (χ1) is 9.11. The predicted octanol–water partition coefficient (Wildman–Crippen LogP) is 3.77.